The molecule has 0 aliphatic carbocycles. The summed E-state index contributed by atoms with van der Waals surface area (Å²) in [5, 5.41) is 9.90. The molecule has 2 fully saturated rings. The van der Waals surface area contributed by atoms with Gasteiger partial charge in [0.05, 0.1) is 0 Å². The fourth-order valence-corrected chi connectivity index (χ4v) is 15.9. The molecule has 4 rings (SSSR count). The molecule has 0 radical (unpaired) electrons. The number of aliphatic hydroxyl groups is 1. The molecule has 9 nitrogen and oxygen atoms in total. The quantitative estimate of drug-likeness (QED) is 0.532. The number of rotatable bonds is 8. The van der Waals surface area contributed by atoms with Crippen molar-refractivity contribution in [1.82, 2.24) is 19.5 Å². The van der Waals surface area contributed by atoms with E-state index in [1.165, 1.54) is 6.33 Å². The van der Waals surface area contributed by atoms with Crippen molar-refractivity contribution >= 4 is 36.2 Å². The first kappa shape index (κ1) is 20.3. The summed E-state index contributed by atoms with van der Waals surface area (Å²) in [4.78, 5) is 12.7. The van der Waals surface area contributed by atoms with Gasteiger partial charge < -0.3 is 0 Å². The Morgan fingerprint density at radius 3 is 2.50 bits per heavy atom. The van der Waals surface area contributed by atoms with Gasteiger partial charge in [0.1, 0.15) is 0 Å². The second kappa shape index (κ2) is 8.39. The van der Waals surface area contributed by atoms with Gasteiger partial charge >= 0.3 is 170 Å². The topological polar surface area (TPSA) is 118 Å². The van der Waals surface area contributed by atoms with Gasteiger partial charge in [0.15, 0.2) is 0 Å². The van der Waals surface area contributed by atoms with Crippen molar-refractivity contribution in [3.05, 3.63) is 12.7 Å². The van der Waals surface area contributed by atoms with Crippen LogP contribution in [0.5, 0.6) is 0 Å². The molecule has 2 aromatic heterocycles. The third-order valence-corrected chi connectivity index (χ3v) is 16.0. The molecule has 154 valence electrons. The van der Waals surface area contributed by atoms with Crippen LogP contribution in [0.15, 0.2) is 12.7 Å². The van der Waals surface area contributed by atoms with Gasteiger partial charge in [-0.1, -0.05) is 0 Å². The first-order valence-electron chi connectivity index (χ1n) is 10.2. The summed E-state index contributed by atoms with van der Waals surface area (Å²) < 4.78 is 23.5. The Kier molecular flexibility index (Phi) is 6.07. The van der Waals surface area contributed by atoms with Crippen molar-refractivity contribution in [3.8, 4) is 0 Å². The zero-order valence-electron chi connectivity index (χ0n) is 16.5. The van der Waals surface area contributed by atoms with Gasteiger partial charge in [-0.2, -0.15) is 0 Å². The normalized spacial score (nSPS) is 28.8. The molecule has 0 bridgehead atoms. The number of hydrogen-bond acceptors (Lipinski definition) is 8. The molecule has 0 aromatic carbocycles. The Bertz CT molecular complexity index is 810. The number of nitrogen functional groups attached to an aromatic ring is 1. The second-order valence-electron chi connectivity index (χ2n) is 7.61. The third kappa shape index (κ3) is 3.51. The van der Waals surface area contributed by atoms with E-state index < -0.39 is 31.5 Å². The standard InChI is InChI=1S/C10H11N5O4.2C4H9.Sn/c11-8-5-9(13-2-12-8)15(3-14-5)10-7(18)6(17)4(1-16)19-10;2*1-3-4-2;/h2-4,6-7,10,16H,1H2,(H2,11,12,13);2*1,3-4H2,2H3;/q-2;;;+2. The number of aliphatic hydroxyl groups excluding tert-OH is 1. The number of nitrogens with two attached hydrogens (primary N) is 1. The molecule has 10 heteroatoms. The van der Waals surface area contributed by atoms with E-state index in [1.54, 1.807) is 6.33 Å². The molecule has 4 unspecified atom stereocenters. The summed E-state index contributed by atoms with van der Waals surface area (Å²) in [5.74, 6) is 0.333. The van der Waals surface area contributed by atoms with E-state index in [2.05, 4.69) is 28.8 Å². The Morgan fingerprint density at radius 1 is 1.11 bits per heavy atom. The zero-order chi connectivity index (χ0) is 19.7. The molecule has 28 heavy (non-hydrogen) atoms. The first-order valence-corrected chi connectivity index (χ1v) is 16.5. The van der Waals surface area contributed by atoms with Crippen LogP contribution in [0.1, 0.15) is 45.8 Å². The van der Waals surface area contributed by atoms with Crippen LogP contribution in [0, 0.1) is 0 Å². The number of hydrogen-bond donors (Lipinski definition) is 2. The van der Waals surface area contributed by atoms with Gasteiger partial charge in [-0.15, -0.1) is 0 Å². The molecule has 0 amide bonds. The predicted octanol–water partition coefficient (Wildman–Crippen LogP) is 2.12. The molecule has 3 N–H and O–H groups in total. The van der Waals surface area contributed by atoms with E-state index in [0.29, 0.717) is 17.0 Å². The third-order valence-electron chi connectivity index (χ3n) is 5.65. The number of unbranched alkanes of at least 4 members (excludes halogenated alkanes) is 2. The van der Waals surface area contributed by atoms with Crippen LogP contribution in [0.3, 0.4) is 0 Å². The zero-order valence-corrected chi connectivity index (χ0v) is 19.3. The number of fused-ring (bicyclic) bond motifs is 2. The molecule has 2 aliphatic rings. The monoisotopic (exact) mass is 499 g/mol. The van der Waals surface area contributed by atoms with Gasteiger partial charge in [0.25, 0.3) is 0 Å². The van der Waals surface area contributed by atoms with Crippen LogP contribution in [0.25, 0.3) is 11.2 Å². The minimum absolute atomic E-state index is 0.103. The molecule has 0 spiro atoms. The van der Waals surface area contributed by atoms with E-state index in [1.807, 2.05) is 4.57 Å². The van der Waals surface area contributed by atoms with Crippen LogP contribution in [0.2, 0.25) is 8.87 Å². The van der Waals surface area contributed by atoms with Crippen LogP contribution < -0.4 is 5.73 Å². The van der Waals surface area contributed by atoms with Crippen LogP contribution in [0.4, 0.5) is 5.82 Å². The molecular formula is C18H29N5O4Sn. The average molecular weight is 498 g/mol. The Balaban J connectivity index is 1.66. The number of imidazole rings is 1. The van der Waals surface area contributed by atoms with Crippen molar-refractivity contribution in [2.24, 2.45) is 0 Å². The van der Waals surface area contributed by atoms with Gasteiger partial charge in [-0.3, -0.25) is 0 Å². The van der Waals surface area contributed by atoms with Gasteiger partial charge in [0.2, 0.25) is 0 Å². The Morgan fingerprint density at radius 2 is 1.82 bits per heavy atom. The summed E-state index contributed by atoms with van der Waals surface area (Å²) in [5.41, 5.74) is 7.08. The molecular weight excluding hydrogens is 469 g/mol. The molecule has 2 aromatic rings. The van der Waals surface area contributed by atoms with Gasteiger partial charge in [0, 0.05) is 0 Å². The fraction of sp³-hybridized carbons (Fsp3) is 0.722. The minimum atomic E-state index is -3.22. The predicted molar refractivity (Wildman–Crippen MR) is 106 cm³/mol. The Hall–Kier alpha value is -1.01. The summed E-state index contributed by atoms with van der Waals surface area (Å²) in [6.07, 6.45) is 6.22. The summed E-state index contributed by atoms with van der Waals surface area (Å²) in [6.45, 7) is 4.28. The van der Waals surface area contributed by atoms with E-state index in [0.717, 1.165) is 34.6 Å². The van der Waals surface area contributed by atoms with E-state index >= 15 is 0 Å². The molecule has 4 atom stereocenters. The van der Waals surface area contributed by atoms with Gasteiger partial charge in [-0.05, 0) is 0 Å². The summed E-state index contributed by atoms with van der Waals surface area (Å²) >= 11 is -3.22. The number of anilines is 1. The van der Waals surface area contributed by atoms with Crippen molar-refractivity contribution in [2.45, 2.75) is 72.9 Å². The van der Waals surface area contributed by atoms with Crippen LogP contribution in [-0.2, 0) is 10.9 Å². The average Bonchev–Trinajstić information content (AvgIpc) is 3.37. The molecule has 2 aliphatic heterocycles. The van der Waals surface area contributed by atoms with Crippen molar-refractivity contribution in [3.63, 3.8) is 0 Å². The molecule has 4 heterocycles. The van der Waals surface area contributed by atoms with Crippen LogP contribution >= 0.6 is 0 Å². The van der Waals surface area contributed by atoms with Crippen molar-refractivity contribution in [1.29, 1.82) is 0 Å². The van der Waals surface area contributed by atoms with E-state index in [4.69, 9.17) is 16.6 Å². The van der Waals surface area contributed by atoms with Crippen LogP contribution in [-0.4, -0.2) is 68.7 Å². The molecule has 0 saturated carbocycles. The maximum absolute atomic E-state index is 9.90. The van der Waals surface area contributed by atoms with E-state index in [9.17, 15) is 5.11 Å². The number of ether oxygens (including phenoxy) is 1. The second-order valence-corrected chi connectivity index (χ2v) is 17.0. The maximum atomic E-state index is 9.90. The number of aromatic nitrogens is 4. The summed E-state index contributed by atoms with van der Waals surface area (Å²) in [7, 11) is 0. The van der Waals surface area contributed by atoms with Crippen molar-refractivity contribution < 1.29 is 16.0 Å². The molecule has 2 saturated heterocycles. The number of nitrogens with zero attached hydrogens (tertiary/aromatic N) is 4. The fourth-order valence-electron chi connectivity index (χ4n) is 4.18. The first-order chi connectivity index (χ1) is 13.6. The van der Waals surface area contributed by atoms with Crippen molar-refractivity contribution in [2.75, 3.05) is 12.3 Å². The SMILES string of the molecule is CCC[CH2][Sn]1([CH2]CCC)[O]C2C(CO)OC(n3cnc4c(N)ncnc43)C2[O]1. The van der Waals surface area contributed by atoms with Gasteiger partial charge in [-0.25, -0.2) is 0 Å². The Labute approximate surface area is 169 Å². The van der Waals surface area contributed by atoms with E-state index in [-0.39, 0.29) is 18.8 Å². The summed E-state index contributed by atoms with van der Waals surface area (Å²) in [6, 6.07) is 0.